The Morgan fingerprint density at radius 3 is 2.42 bits per heavy atom. The monoisotopic (exact) mass is 356 g/mol. The van der Waals surface area contributed by atoms with Crippen molar-refractivity contribution in [1.29, 1.82) is 0 Å². The molecule has 0 atom stereocenters. The highest BCUT2D eigenvalue weighted by Gasteiger charge is 2.11. The van der Waals surface area contributed by atoms with Crippen molar-refractivity contribution in [3.63, 3.8) is 0 Å². The molecule has 0 aliphatic carbocycles. The maximum atomic E-state index is 12.5. The summed E-state index contributed by atoms with van der Waals surface area (Å²) in [7, 11) is 1.59. The fourth-order valence-electron chi connectivity index (χ4n) is 2.44. The molecule has 0 fully saturated rings. The number of carbonyl (C=O) groups is 2. The number of nitrogens with one attached hydrogen (secondary N) is 2. The molecule has 2 amide bonds. The first kappa shape index (κ1) is 19.5. The van der Waals surface area contributed by atoms with Gasteiger partial charge in [-0.15, -0.1) is 0 Å². The summed E-state index contributed by atoms with van der Waals surface area (Å²) in [6.45, 7) is 4.51. The van der Waals surface area contributed by atoms with Gasteiger partial charge in [0.25, 0.3) is 5.91 Å². The number of hydrogen-bond donors (Lipinski definition) is 2. The SMILES string of the molecule is CCCOCc1cc(C(=O)Nc2cccc(NC(C)=O)c2)ccc1OC. The molecule has 6 heteroatoms. The molecule has 2 N–H and O–H groups in total. The first-order chi connectivity index (χ1) is 12.5. The zero-order valence-corrected chi connectivity index (χ0v) is 15.3. The molecule has 26 heavy (non-hydrogen) atoms. The van der Waals surface area contributed by atoms with Crippen LogP contribution in [0.5, 0.6) is 5.75 Å². The molecular formula is C20H24N2O4. The molecule has 6 nitrogen and oxygen atoms in total. The van der Waals surface area contributed by atoms with E-state index in [-0.39, 0.29) is 11.8 Å². The Kier molecular flexibility index (Phi) is 7.17. The Labute approximate surface area is 153 Å². The van der Waals surface area contributed by atoms with E-state index in [1.54, 1.807) is 49.6 Å². The molecule has 2 aromatic carbocycles. The van der Waals surface area contributed by atoms with Crippen LogP contribution >= 0.6 is 0 Å². The molecule has 0 spiro atoms. The molecule has 2 rings (SSSR count). The molecule has 0 aromatic heterocycles. The van der Waals surface area contributed by atoms with Crippen LogP contribution in [-0.4, -0.2) is 25.5 Å². The van der Waals surface area contributed by atoms with Crippen LogP contribution in [0, 0.1) is 0 Å². The van der Waals surface area contributed by atoms with Crippen LogP contribution in [-0.2, 0) is 16.1 Å². The van der Waals surface area contributed by atoms with Gasteiger partial charge in [0.05, 0.1) is 13.7 Å². The largest absolute Gasteiger partial charge is 0.496 e. The van der Waals surface area contributed by atoms with Crippen molar-refractivity contribution in [3.8, 4) is 5.75 Å². The van der Waals surface area contributed by atoms with Gasteiger partial charge in [0.2, 0.25) is 5.91 Å². The summed E-state index contributed by atoms with van der Waals surface area (Å²) in [5, 5.41) is 5.52. The number of benzene rings is 2. The van der Waals surface area contributed by atoms with Crippen molar-refractivity contribution in [2.75, 3.05) is 24.4 Å². The number of hydrogen-bond acceptors (Lipinski definition) is 4. The van der Waals surface area contributed by atoms with Crippen LogP contribution in [0.1, 0.15) is 36.2 Å². The molecule has 0 unspecified atom stereocenters. The zero-order chi connectivity index (χ0) is 18.9. The first-order valence-electron chi connectivity index (χ1n) is 8.47. The van der Waals surface area contributed by atoms with Crippen LogP contribution in [0.25, 0.3) is 0 Å². The molecule has 0 heterocycles. The second-order valence-electron chi connectivity index (χ2n) is 5.80. The molecule has 2 aromatic rings. The van der Waals surface area contributed by atoms with Gasteiger partial charge in [-0.05, 0) is 42.8 Å². The molecule has 0 aliphatic heterocycles. The minimum absolute atomic E-state index is 0.166. The number of carbonyl (C=O) groups excluding carboxylic acids is 2. The average molecular weight is 356 g/mol. The topological polar surface area (TPSA) is 76.7 Å². The minimum atomic E-state index is -0.246. The van der Waals surface area contributed by atoms with E-state index < -0.39 is 0 Å². The second kappa shape index (κ2) is 9.58. The number of methoxy groups -OCH3 is 1. The van der Waals surface area contributed by atoms with Crippen LogP contribution in [0.4, 0.5) is 11.4 Å². The van der Waals surface area contributed by atoms with Gasteiger partial charge in [-0.25, -0.2) is 0 Å². The lowest BCUT2D eigenvalue weighted by Gasteiger charge is -2.12. The van der Waals surface area contributed by atoms with Crippen molar-refractivity contribution < 1.29 is 19.1 Å². The van der Waals surface area contributed by atoms with Crippen molar-refractivity contribution in [3.05, 3.63) is 53.6 Å². The van der Waals surface area contributed by atoms with Crippen LogP contribution in [0.3, 0.4) is 0 Å². The smallest absolute Gasteiger partial charge is 0.255 e. The van der Waals surface area contributed by atoms with Crippen molar-refractivity contribution in [2.24, 2.45) is 0 Å². The van der Waals surface area contributed by atoms with E-state index in [1.165, 1.54) is 6.92 Å². The first-order valence-corrected chi connectivity index (χ1v) is 8.47. The number of amides is 2. The van der Waals surface area contributed by atoms with E-state index in [0.29, 0.717) is 35.9 Å². The Morgan fingerprint density at radius 1 is 1.04 bits per heavy atom. The highest BCUT2D eigenvalue weighted by Crippen LogP contribution is 2.22. The number of ether oxygens (including phenoxy) is 2. The molecule has 0 saturated carbocycles. The fourth-order valence-corrected chi connectivity index (χ4v) is 2.44. The summed E-state index contributed by atoms with van der Waals surface area (Å²) in [6.07, 6.45) is 0.924. The van der Waals surface area contributed by atoms with Crippen LogP contribution in [0.2, 0.25) is 0 Å². The quantitative estimate of drug-likeness (QED) is 0.705. The highest BCUT2D eigenvalue weighted by molar-refractivity contribution is 6.04. The van der Waals surface area contributed by atoms with Crippen molar-refractivity contribution >= 4 is 23.2 Å². The lowest BCUT2D eigenvalue weighted by Crippen LogP contribution is -2.13. The Morgan fingerprint density at radius 2 is 1.77 bits per heavy atom. The summed E-state index contributed by atoms with van der Waals surface area (Å²) in [6, 6.07) is 12.2. The third-order valence-corrected chi connectivity index (χ3v) is 3.59. The second-order valence-corrected chi connectivity index (χ2v) is 5.80. The van der Waals surface area contributed by atoms with E-state index in [4.69, 9.17) is 9.47 Å². The van der Waals surface area contributed by atoms with Gasteiger partial charge in [0.1, 0.15) is 5.75 Å². The normalized spacial score (nSPS) is 10.3. The van der Waals surface area contributed by atoms with Gasteiger partial charge in [-0.1, -0.05) is 13.0 Å². The van der Waals surface area contributed by atoms with E-state index >= 15 is 0 Å². The maximum absolute atomic E-state index is 12.5. The molecule has 138 valence electrons. The number of anilines is 2. The van der Waals surface area contributed by atoms with E-state index in [0.717, 1.165) is 12.0 Å². The lowest BCUT2D eigenvalue weighted by molar-refractivity contribution is -0.114. The summed E-state index contributed by atoms with van der Waals surface area (Å²) >= 11 is 0. The third-order valence-electron chi connectivity index (χ3n) is 3.59. The van der Waals surface area contributed by atoms with E-state index in [1.807, 2.05) is 6.92 Å². The lowest BCUT2D eigenvalue weighted by atomic mass is 10.1. The molecule has 0 bridgehead atoms. The van der Waals surface area contributed by atoms with Gasteiger partial charge in [0, 0.05) is 36.0 Å². The van der Waals surface area contributed by atoms with Gasteiger partial charge >= 0.3 is 0 Å². The third kappa shape index (κ3) is 5.60. The maximum Gasteiger partial charge on any atom is 0.255 e. The Hall–Kier alpha value is -2.86. The summed E-state index contributed by atoms with van der Waals surface area (Å²) in [5.74, 6) is 0.273. The van der Waals surface area contributed by atoms with Crippen LogP contribution < -0.4 is 15.4 Å². The number of rotatable bonds is 8. The summed E-state index contributed by atoms with van der Waals surface area (Å²) < 4.78 is 10.9. The molecule has 0 radical (unpaired) electrons. The Bertz CT molecular complexity index is 774. The van der Waals surface area contributed by atoms with E-state index in [2.05, 4.69) is 10.6 Å². The molecule has 0 saturated heterocycles. The fraction of sp³-hybridized carbons (Fsp3) is 0.300. The van der Waals surface area contributed by atoms with Crippen molar-refractivity contribution in [2.45, 2.75) is 26.9 Å². The predicted octanol–water partition coefficient (Wildman–Crippen LogP) is 3.83. The van der Waals surface area contributed by atoms with Gasteiger partial charge in [-0.3, -0.25) is 9.59 Å². The van der Waals surface area contributed by atoms with Gasteiger partial charge in [0.15, 0.2) is 0 Å². The highest BCUT2D eigenvalue weighted by atomic mass is 16.5. The minimum Gasteiger partial charge on any atom is -0.496 e. The average Bonchev–Trinajstić information content (AvgIpc) is 2.61. The molecule has 0 aliphatic rings. The van der Waals surface area contributed by atoms with E-state index in [9.17, 15) is 9.59 Å². The predicted molar refractivity (Wildman–Crippen MR) is 102 cm³/mol. The zero-order valence-electron chi connectivity index (χ0n) is 15.3. The van der Waals surface area contributed by atoms with Gasteiger partial charge in [-0.2, -0.15) is 0 Å². The Balaban J connectivity index is 2.13. The summed E-state index contributed by atoms with van der Waals surface area (Å²) in [4.78, 5) is 23.7. The molecular weight excluding hydrogens is 332 g/mol. The van der Waals surface area contributed by atoms with Crippen LogP contribution in [0.15, 0.2) is 42.5 Å². The van der Waals surface area contributed by atoms with Gasteiger partial charge < -0.3 is 20.1 Å². The standard InChI is InChI=1S/C20H24N2O4/c1-4-10-26-13-16-11-15(8-9-19(16)25-3)20(24)22-18-7-5-6-17(12-18)21-14(2)23/h5-9,11-12H,4,10,13H2,1-3H3,(H,21,23)(H,22,24). The summed E-state index contributed by atoms with van der Waals surface area (Å²) in [5.41, 5.74) is 2.55. The van der Waals surface area contributed by atoms with Crippen molar-refractivity contribution in [1.82, 2.24) is 0 Å².